The van der Waals surface area contributed by atoms with Gasteiger partial charge in [-0.3, -0.25) is 0 Å². The fourth-order valence-electron chi connectivity index (χ4n) is 1.19. The molecule has 0 unspecified atom stereocenters. The minimum Gasteiger partial charge on any atom is -0.340 e. The van der Waals surface area contributed by atoms with Gasteiger partial charge in [0, 0.05) is 13.0 Å². The second-order valence-corrected chi connectivity index (χ2v) is 3.77. The summed E-state index contributed by atoms with van der Waals surface area (Å²) in [4.78, 5) is 1.55. The summed E-state index contributed by atoms with van der Waals surface area (Å²) in [7, 11) is 4.41. The van der Waals surface area contributed by atoms with Gasteiger partial charge in [0.15, 0.2) is 0 Å². The number of rotatable bonds is 8. The standard InChI is InChI=1S/C10H24N2/c1-4-5-6-8-11-9-7-10-12(2)3/h11H,4-10H2,1-3H3/p+1. The SMILES string of the molecule is CCCCCNCCC[NH+](C)C. The fraction of sp³-hybridized carbons (Fsp3) is 1.00. The van der Waals surface area contributed by atoms with E-state index < -0.39 is 0 Å². The van der Waals surface area contributed by atoms with E-state index in [0.717, 1.165) is 0 Å². The maximum absolute atomic E-state index is 3.46. The molecule has 0 aromatic rings. The molecule has 0 rings (SSSR count). The van der Waals surface area contributed by atoms with Crippen molar-refractivity contribution in [1.29, 1.82) is 0 Å². The Morgan fingerprint density at radius 2 is 1.67 bits per heavy atom. The van der Waals surface area contributed by atoms with Gasteiger partial charge in [-0.05, 0) is 13.0 Å². The maximum Gasteiger partial charge on any atom is 0.0779 e. The Morgan fingerprint density at radius 3 is 2.25 bits per heavy atom. The minimum absolute atomic E-state index is 1.19. The Morgan fingerprint density at radius 1 is 1.00 bits per heavy atom. The lowest BCUT2D eigenvalue weighted by Gasteiger charge is -2.07. The molecule has 74 valence electrons. The van der Waals surface area contributed by atoms with E-state index in [9.17, 15) is 0 Å². The molecule has 2 heteroatoms. The molecule has 0 heterocycles. The Bertz CT molecular complexity index is 81.9. The molecule has 0 amide bonds. The first-order valence-electron chi connectivity index (χ1n) is 5.27. The van der Waals surface area contributed by atoms with Crippen LogP contribution in [0.2, 0.25) is 0 Å². The van der Waals surface area contributed by atoms with Crippen LogP contribution in [0.5, 0.6) is 0 Å². The van der Waals surface area contributed by atoms with Crippen molar-refractivity contribution in [3.8, 4) is 0 Å². The second-order valence-electron chi connectivity index (χ2n) is 3.77. The van der Waals surface area contributed by atoms with Crippen LogP contribution in [0, 0.1) is 0 Å². The molecule has 0 aromatic heterocycles. The average molecular weight is 173 g/mol. The van der Waals surface area contributed by atoms with E-state index >= 15 is 0 Å². The zero-order valence-electron chi connectivity index (χ0n) is 8.95. The van der Waals surface area contributed by atoms with E-state index in [-0.39, 0.29) is 0 Å². The Hall–Kier alpha value is -0.0800. The first-order chi connectivity index (χ1) is 5.77. The van der Waals surface area contributed by atoms with Gasteiger partial charge >= 0.3 is 0 Å². The second kappa shape index (κ2) is 9.01. The minimum atomic E-state index is 1.19. The lowest BCUT2D eigenvalue weighted by molar-refractivity contribution is -0.858. The number of unbranched alkanes of at least 4 members (excludes halogenated alkanes) is 2. The molecule has 0 radical (unpaired) electrons. The van der Waals surface area contributed by atoms with Crippen molar-refractivity contribution in [2.75, 3.05) is 33.7 Å². The van der Waals surface area contributed by atoms with Gasteiger partial charge < -0.3 is 10.2 Å². The topological polar surface area (TPSA) is 16.5 Å². The third-order valence-electron chi connectivity index (χ3n) is 1.99. The third kappa shape index (κ3) is 9.92. The van der Waals surface area contributed by atoms with Gasteiger partial charge in [-0.2, -0.15) is 0 Å². The summed E-state index contributed by atoms with van der Waals surface area (Å²) in [5.41, 5.74) is 0. The smallest absolute Gasteiger partial charge is 0.0779 e. The van der Waals surface area contributed by atoms with Crippen LogP contribution in [0.25, 0.3) is 0 Å². The summed E-state index contributed by atoms with van der Waals surface area (Å²) in [6.07, 6.45) is 5.33. The zero-order chi connectivity index (χ0) is 9.23. The van der Waals surface area contributed by atoms with Gasteiger partial charge in [-0.15, -0.1) is 0 Å². The molecule has 0 atom stereocenters. The summed E-state index contributed by atoms with van der Waals surface area (Å²) >= 11 is 0. The summed E-state index contributed by atoms with van der Waals surface area (Å²) in [6, 6.07) is 0. The number of quaternary nitrogens is 1. The lowest BCUT2D eigenvalue weighted by Crippen LogP contribution is -3.05. The molecule has 0 saturated heterocycles. The monoisotopic (exact) mass is 173 g/mol. The van der Waals surface area contributed by atoms with E-state index in [1.165, 1.54) is 45.3 Å². The van der Waals surface area contributed by atoms with Crippen molar-refractivity contribution in [3.63, 3.8) is 0 Å². The Balaban J connectivity index is 2.82. The van der Waals surface area contributed by atoms with Gasteiger partial charge in [0.05, 0.1) is 20.6 Å². The highest BCUT2D eigenvalue weighted by Gasteiger charge is 1.92. The summed E-state index contributed by atoms with van der Waals surface area (Å²) < 4.78 is 0. The molecule has 0 aliphatic rings. The molecule has 0 aliphatic carbocycles. The largest absolute Gasteiger partial charge is 0.340 e. The molecule has 2 N–H and O–H groups in total. The Labute approximate surface area is 77.3 Å². The first-order valence-corrected chi connectivity index (χ1v) is 5.27. The van der Waals surface area contributed by atoms with Gasteiger partial charge in [0.25, 0.3) is 0 Å². The van der Waals surface area contributed by atoms with Crippen LogP contribution in [0.4, 0.5) is 0 Å². The van der Waals surface area contributed by atoms with Crippen LogP contribution in [0.3, 0.4) is 0 Å². The Kier molecular flexibility index (Phi) is 8.95. The molecule has 0 bridgehead atoms. The molecule has 0 spiro atoms. The molecule has 0 aromatic carbocycles. The predicted molar refractivity (Wildman–Crippen MR) is 54.7 cm³/mol. The highest BCUT2D eigenvalue weighted by atomic mass is 15.0. The van der Waals surface area contributed by atoms with E-state index in [2.05, 4.69) is 26.3 Å². The van der Waals surface area contributed by atoms with Crippen molar-refractivity contribution >= 4 is 0 Å². The molecular formula is C10H25N2+. The molecular weight excluding hydrogens is 148 g/mol. The van der Waals surface area contributed by atoms with Crippen LogP contribution >= 0.6 is 0 Å². The summed E-state index contributed by atoms with van der Waals surface area (Å²) in [6.45, 7) is 5.92. The van der Waals surface area contributed by atoms with Gasteiger partial charge in [-0.1, -0.05) is 19.8 Å². The molecule has 12 heavy (non-hydrogen) atoms. The van der Waals surface area contributed by atoms with Crippen molar-refractivity contribution in [2.45, 2.75) is 32.6 Å². The molecule has 0 saturated carbocycles. The van der Waals surface area contributed by atoms with Crippen LogP contribution in [0.1, 0.15) is 32.6 Å². The quantitative estimate of drug-likeness (QED) is 0.505. The lowest BCUT2D eigenvalue weighted by atomic mass is 10.2. The van der Waals surface area contributed by atoms with Crippen LogP contribution in [-0.2, 0) is 0 Å². The summed E-state index contributed by atoms with van der Waals surface area (Å²) in [5, 5.41) is 3.46. The van der Waals surface area contributed by atoms with Crippen LogP contribution in [-0.4, -0.2) is 33.7 Å². The average Bonchev–Trinajstić information content (AvgIpc) is 2.02. The third-order valence-corrected chi connectivity index (χ3v) is 1.99. The van der Waals surface area contributed by atoms with E-state index in [1.807, 2.05) is 0 Å². The normalized spacial score (nSPS) is 11.0. The highest BCUT2D eigenvalue weighted by Crippen LogP contribution is 1.90. The van der Waals surface area contributed by atoms with Crippen LogP contribution < -0.4 is 10.2 Å². The van der Waals surface area contributed by atoms with Gasteiger partial charge in [-0.25, -0.2) is 0 Å². The first kappa shape index (κ1) is 11.9. The maximum atomic E-state index is 3.46. The van der Waals surface area contributed by atoms with E-state index in [1.54, 1.807) is 4.90 Å². The number of nitrogens with one attached hydrogen (secondary N) is 2. The van der Waals surface area contributed by atoms with Crippen molar-refractivity contribution in [3.05, 3.63) is 0 Å². The summed E-state index contributed by atoms with van der Waals surface area (Å²) in [5.74, 6) is 0. The predicted octanol–water partition coefficient (Wildman–Crippen LogP) is 0.301. The fourth-order valence-corrected chi connectivity index (χ4v) is 1.19. The van der Waals surface area contributed by atoms with E-state index in [0.29, 0.717) is 0 Å². The van der Waals surface area contributed by atoms with Gasteiger partial charge in [0.1, 0.15) is 0 Å². The highest BCUT2D eigenvalue weighted by molar-refractivity contribution is 4.47. The molecule has 2 nitrogen and oxygen atoms in total. The van der Waals surface area contributed by atoms with Crippen LogP contribution in [0.15, 0.2) is 0 Å². The van der Waals surface area contributed by atoms with Crippen molar-refractivity contribution in [1.82, 2.24) is 5.32 Å². The molecule has 0 aliphatic heterocycles. The number of hydrogen-bond donors (Lipinski definition) is 2. The van der Waals surface area contributed by atoms with Gasteiger partial charge in [0.2, 0.25) is 0 Å². The van der Waals surface area contributed by atoms with Crippen molar-refractivity contribution in [2.24, 2.45) is 0 Å². The number of hydrogen-bond acceptors (Lipinski definition) is 1. The van der Waals surface area contributed by atoms with E-state index in [4.69, 9.17) is 0 Å². The molecule has 0 fully saturated rings. The van der Waals surface area contributed by atoms with Crippen molar-refractivity contribution < 1.29 is 4.90 Å². The zero-order valence-corrected chi connectivity index (χ0v) is 8.95.